The van der Waals surface area contributed by atoms with Crippen LogP contribution in [0.25, 0.3) is 6.08 Å². The maximum absolute atomic E-state index is 12.0. The summed E-state index contributed by atoms with van der Waals surface area (Å²) >= 11 is 0. The third kappa shape index (κ3) is 4.17. The number of amides is 1. The van der Waals surface area contributed by atoms with Gasteiger partial charge in [0.1, 0.15) is 0 Å². The zero-order chi connectivity index (χ0) is 17.0. The molecule has 0 spiro atoms. The number of benzene rings is 1. The predicted octanol–water partition coefficient (Wildman–Crippen LogP) is 2.69. The van der Waals surface area contributed by atoms with Crippen LogP contribution in [0.1, 0.15) is 44.1 Å². The lowest BCUT2D eigenvalue weighted by atomic mass is 9.95. The molecule has 2 aliphatic rings. The molecule has 1 amide bonds. The van der Waals surface area contributed by atoms with E-state index in [1.54, 1.807) is 24.3 Å². The van der Waals surface area contributed by atoms with Crippen LogP contribution >= 0.6 is 0 Å². The number of rotatable bonds is 4. The number of carbonyl (C=O) groups is 1. The van der Waals surface area contributed by atoms with Crippen LogP contribution in [0, 0.1) is 0 Å². The highest BCUT2D eigenvalue weighted by Gasteiger charge is 2.28. The maximum Gasteiger partial charge on any atom is 0.244 e. The molecule has 1 aliphatic heterocycles. The van der Waals surface area contributed by atoms with Crippen molar-refractivity contribution in [2.75, 3.05) is 16.6 Å². The normalized spacial score (nSPS) is 21.2. The van der Waals surface area contributed by atoms with Crippen LogP contribution in [-0.2, 0) is 14.8 Å². The first-order valence-electron chi connectivity index (χ1n) is 8.64. The van der Waals surface area contributed by atoms with Crippen LogP contribution in [0.5, 0.6) is 0 Å². The summed E-state index contributed by atoms with van der Waals surface area (Å²) in [6.45, 7) is 0.543. The molecule has 1 aliphatic carbocycles. The SMILES string of the molecule is O=C(/C=C/c1ccc(N2CCCS2(=O)=O)cc1)NC1CCCCC1. The molecule has 0 unspecified atom stereocenters. The molecule has 1 saturated heterocycles. The van der Waals surface area contributed by atoms with Crippen LogP contribution in [0.2, 0.25) is 0 Å². The Morgan fingerprint density at radius 2 is 1.79 bits per heavy atom. The number of anilines is 1. The average Bonchev–Trinajstić information content (AvgIpc) is 2.94. The minimum absolute atomic E-state index is 0.0619. The van der Waals surface area contributed by atoms with Gasteiger partial charge in [0.15, 0.2) is 0 Å². The summed E-state index contributed by atoms with van der Waals surface area (Å²) in [5, 5.41) is 3.04. The number of nitrogens with zero attached hydrogens (tertiary/aromatic N) is 1. The van der Waals surface area contributed by atoms with Gasteiger partial charge in [-0.3, -0.25) is 9.10 Å². The summed E-state index contributed by atoms with van der Waals surface area (Å²) in [5.74, 6) is 0.156. The van der Waals surface area contributed by atoms with E-state index in [0.29, 0.717) is 24.7 Å². The van der Waals surface area contributed by atoms with Crippen molar-refractivity contribution in [2.45, 2.75) is 44.6 Å². The third-order valence-electron chi connectivity index (χ3n) is 4.66. The zero-order valence-electron chi connectivity index (χ0n) is 13.8. The lowest BCUT2D eigenvalue weighted by Crippen LogP contribution is -2.34. The molecule has 1 heterocycles. The number of hydrogen-bond donors (Lipinski definition) is 1. The second kappa shape index (κ2) is 7.38. The summed E-state index contributed by atoms with van der Waals surface area (Å²) in [7, 11) is -3.14. The van der Waals surface area contributed by atoms with Crippen molar-refractivity contribution in [1.29, 1.82) is 0 Å². The molecule has 0 bridgehead atoms. The fourth-order valence-electron chi connectivity index (χ4n) is 3.35. The lowest BCUT2D eigenvalue weighted by Gasteiger charge is -2.21. The highest BCUT2D eigenvalue weighted by atomic mass is 32.2. The minimum Gasteiger partial charge on any atom is -0.350 e. The van der Waals surface area contributed by atoms with Gasteiger partial charge in [-0.05, 0) is 43.0 Å². The largest absolute Gasteiger partial charge is 0.350 e. The van der Waals surface area contributed by atoms with E-state index in [1.165, 1.54) is 23.6 Å². The number of nitrogens with one attached hydrogen (secondary N) is 1. The fraction of sp³-hybridized carbons (Fsp3) is 0.500. The molecule has 1 saturated carbocycles. The molecular weight excluding hydrogens is 324 g/mol. The van der Waals surface area contributed by atoms with Crippen molar-refractivity contribution in [2.24, 2.45) is 0 Å². The van der Waals surface area contributed by atoms with Crippen molar-refractivity contribution < 1.29 is 13.2 Å². The van der Waals surface area contributed by atoms with Crippen LogP contribution in [-0.4, -0.2) is 32.7 Å². The monoisotopic (exact) mass is 348 g/mol. The highest BCUT2D eigenvalue weighted by Crippen LogP contribution is 2.24. The van der Waals surface area contributed by atoms with Crippen LogP contribution in [0.3, 0.4) is 0 Å². The van der Waals surface area contributed by atoms with Gasteiger partial charge in [-0.25, -0.2) is 8.42 Å². The Hall–Kier alpha value is -1.82. The number of carbonyl (C=O) groups excluding carboxylic acids is 1. The van der Waals surface area contributed by atoms with E-state index in [0.717, 1.165) is 18.4 Å². The molecule has 130 valence electrons. The lowest BCUT2D eigenvalue weighted by molar-refractivity contribution is -0.117. The van der Waals surface area contributed by atoms with Crippen molar-refractivity contribution >= 4 is 27.7 Å². The molecule has 1 aromatic rings. The first kappa shape index (κ1) is 17.0. The molecule has 3 rings (SSSR count). The highest BCUT2D eigenvalue weighted by molar-refractivity contribution is 7.93. The molecule has 5 nitrogen and oxygen atoms in total. The van der Waals surface area contributed by atoms with E-state index in [4.69, 9.17) is 0 Å². The molecule has 24 heavy (non-hydrogen) atoms. The van der Waals surface area contributed by atoms with E-state index >= 15 is 0 Å². The quantitative estimate of drug-likeness (QED) is 0.851. The van der Waals surface area contributed by atoms with Gasteiger partial charge in [0.2, 0.25) is 15.9 Å². The first-order valence-corrected chi connectivity index (χ1v) is 10.2. The second-order valence-corrected chi connectivity index (χ2v) is 8.52. The van der Waals surface area contributed by atoms with Gasteiger partial charge in [-0.15, -0.1) is 0 Å². The van der Waals surface area contributed by atoms with E-state index in [1.807, 2.05) is 12.1 Å². The summed E-state index contributed by atoms with van der Waals surface area (Å²) in [6, 6.07) is 7.57. The molecule has 0 atom stereocenters. The Kier molecular flexibility index (Phi) is 5.23. The molecule has 1 N–H and O–H groups in total. The first-order chi connectivity index (χ1) is 11.5. The van der Waals surface area contributed by atoms with Crippen molar-refractivity contribution in [3.63, 3.8) is 0 Å². The van der Waals surface area contributed by atoms with Crippen molar-refractivity contribution in [1.82, 2.24) is 5.32 Å². The Balaban J connectivity index is 1.58. The number of sulfonamides is 1. The third-order valence-corrected chi connectivity index (χ3v) is 6.53. The van der Waals surface area contributed by atoms with Crippen LogP contribution in [0.4, 0.5) is 5.69 Å². The average molecular weight is 348 g/mol. The smallest absolute Gasteiger partial charge is 0.244 e. The van der Waals surface area contributed by atoms with E-state index in [2.05, 4.69) is 5.32 Å². The van der Waals surface area contributed by atoms with Gasteiger partial charge in [0.05, 0.1) is 11.4 Å². The Morgan fingerprint density at radius 1 is 1.08 bits per heavy atom. The van der Waals surface area contributed by atoms with E-state index < -0.39 is 10.0 Å². The molecule has 0 radical (unpaired) electrons. The second-order valence-electron chi connectivity index (χ2n) is 6.51. The van der Waals surface area contributed by atoms with E-state index in [-0.39, 0.29) is 11.7 Å². The minimum atomic E-state index is -3.14. The van der Waals surface area contributed by atoms with Gasteiger partial charge >= 0.3 is 0 Å². The summed E-state index contributed by atoms with van der Waals surface area (Å²) in [5.41, 5.74) is 1.57. The van der Waals surface area contributed by atoms with Crippen molar-refractivity contribution in [3.05, 3.63) is 35.9 Å². The maximum atomic E-state index is 12.0. The summed E-state index contributed by atoms with van der Waals surface area (Å²) in [4.78, 5) is 12.0. The molecule has 1 aromatic carbocycles. The van der Waals surface area contributed by atoms with Gasteiger partial charge in [-0.1, -0.05) is 31.4 Å². The van der Waals surface area contributed by atoms with Crippen LogP contribution in [0.15, 0.2) is 30.3 Å². The standard InChI is InChI=1S/C18H24N2O3S/c21-18(19-16-5-2-1-3-6-16)12-9-15-7-10-17(11-8-15)20-13-4-14-24(20,22)23/h7-12,16H,1-6,13-14H2,(H,19,21)/b12-9+. The van der Waals surface area contributed by atoms with Gasteiger partial charge in [0, 0.05) is 18.7 Å². The van der Waals surface area contributed by atoms with Gasteiger partial charge < -0.3 is 5.32 Å². The van der Waals surface area contributed by atoms with Crippen LogP contribution < -0.4 is 9.62 Å². The molecule has 2 fully saturated rings. The topological polar surface area (TPSA) is 66.5 Å². The van der Waals surface area contributed by atoms with Crippen molar-refractivity contribution in [3.8, 4) is 0 Å². The zero-order valence-corrected chi connectivity index (χ0v) is 14.6. The Morgan fingerprint density at radius 3 is 2.42 bits per heavy atom. The van der Waals surface area contributed by atoms with E-state index in [9.17, 15) is 13.2 Å². The number of hydrogen-bond acceptors (Lipinski definition) is 3. The fourth-order valence-corrected chi connectivity index (χ4v) is 4.91. The van der Waals surface area contributed by atoms with Gasteiger partial charge in [0.25, 0.3) is 0 Å². The summed E-state index contributed by atoms with van der Waals surface area (Å²) < 4.78 is 25.3. The Bertz CT molecular complexity index is 704. The summed E-state index contributed by atoms with van der Waals surface area (Å²) in [6.07, 6.45) is 9.77. The molecular formula is C18H24N2O3S. The van der Waals surface area contributed by atoms with Gasteiger partial charge in [-0.2, -0.15) is 0 Å². The molecule has 0 aromatic heterocycles. The predicted molar refractivity (Wildman–Crippen MR) is 96.2 cm³/mol. The Labute approximate surface area is 143 Å². The molecule has 6 heteroatoms.